The Balaban J connectivity index is 2.17. The second-order valence-electron chi connectivity index (χ2n) is 6.25. The number of ether oxygens (including phenoxy) is 1. The summed E-state index contributed by atoms with van der Waals surface area (Å²) in [6.45, 7) is 5.47. The zero-order valence-corrected chi connectivity index (χ0v) is 15.4. The Morgan fingerprint density at radius 1 is 1.24 bits per heavy atom. The third kappa shape index (κ3) is 4.26. The largest absolute Gasteiger partial charge is 0.469 e. The topological polar surface area (TPSA) is 73.2 Å². The number of methoxy groups -OCH3 is 1. The average Bonchev–Trinajstić information content (AvgIpc) is 2.85. The molecule has 0 spiro atoms. The van der Waals surface area contributed by atoms with E-state index in [2.05, 4.69) is 10.4 Å². The van der Waals surface area contributed by atoms with Crippen molar-refractivity contribution in [1.29, 1.82) is 0 Å². The summed E-state index contributed by atoms with van der Waals surface area (Å²) in [5.41, 5.74) is 3.03. The van der Waals surface area contributed by atoms with Gasteiger partial charge >= 0.3 is 5.97 Å². The first-order valence-corrected chi connectivity index (χ1v) is 8.28. The van der Waals surface area contributed by atoms with Crippen molar-refractivity contribution >= 4 is 11.9 Å². The van der Waals surface area contributed by atoms with E-state index >= 15 is 0 Å². The van der Waals surface area contributed by atoms with Gasteiger partial charge in [-0.15, -0.1) is 0 Å². The molecule has 0 aliphatic heterocycles. The minimum atomic E-state index is -0.464. The molecule has 0 aliphatic rings. The molecule has 0 aliphatic carbocycles. The Morgan fingerprint density at radius 2 is 1.88 bits per heavy atom. The number of nitrogens with one attached hydrogen (secondary N) is 1. The van der Waals surface area contributed by atoms with Crippen LogP contribution < -0.4 is 5.32 Å². The van der Waals surface area contributed by atoms with E-state index < -0.39 is 5.92 Å². The molecule has 2 aromatic rings. The van der Waals surface area contributed by atoms with E-state index in [1.165, 1.54) is 7.11 Å². The second kappa shape index (κ2) is 7.96. The van der Waals surface area contributed by atoms with Crippen LogP contribution in [-0.2, 0) is 23.0 Å². The highest BCUT2D eigenvalue weighted by Crippen LogP contribution is 2.17. The first kappa shape index (κ1) is 18.7. The number of aromatic nitrogens is 2. The smallest absolute Gasteiger partial charge is 0.311 e. The van der Waals surface area contributed by atoms with Crippen LogP contribution in [0.3, 0.4) is 0 Å². The summed E-state index contributed by atoms with van der Waals surface area (Å²) in [5, 5.41) is 7.20. The van der Waals surface area contributed by atoms with Gasteiger partial charge in [0, 0.05) is 18.8 Å². The van der Waals surface area contributed by atoms with E-state index in [0.717, 1.165) is 11.3 Å². The fraction of sp³-hybridized carbons (Fsp3) is 0.421. The van der Waals surface area contributed by atoms with Gasteiger partial charge in [0.25, 0.3) is 5.91 Å². The molecule has 134 valence electrons. The van der Waals surface area contributed by atoms with Gasteiger partial charge in [0.15, 0.2) is 0 Å². The molecule has 1 amide bonds. The van der Waals surface area contributed by atoms with Crippen molar-refractivity contribution in [3.05, 3.63) is 52.8 Å². The molecule has 2 atom stereocenters. The third-order valence-electron chi connectivity index (χ3n) is 4.50. The van der Waals surface area contributed by atoms with Crippen molar-refractivity contribution in [3.63, 3.8) is 0 Å². The molecule has 2 rings (SSSR count). The van der Waals surface area contributed by atoms with Gasteiger partial charge in [0.2, 0.25) is 0 Å². The fourth-order valence-electron chi connectivity index (χ4n) is 2.97. The fourth-order valence-corrected chi connectivity index (χ4v) is 2.97. The number of aryl methyl sites for hydroxylation is 2. The predicted molar refractivity (Wildman–Crippen MR) is 95.3 cm³/mol. The number of carbonyl (C=O) groups excluding carboxylic acids is 2. The molecule has 0 saturated carbocycles. The standard InChI is InChI=1S/C19H25N3O3/c1-12(20-18(23)17-13(2)21-22(4)14(17)3)16(19(24)25-5)11-15-9-7-6-8-10-15/h6-10,12,16H,11H2,1-5H3,(H,20,23)/t12-,16+/m1/s1. The highest BCUT2D eigenvalue weighted by atomic mass is 16.5. The highest BCUT2D eigenvalue weighted by Gasteiger charge is 2.29. The maximum atomic E-state index is 12.7. The predicted octanol–water partition coefficient (Wildman–Crippen LogP) is 2.19. The molecule has 0 fully saturated rings. The molecule has 25 heavy (non-hydrogen) atoms. The summed E-state index contributed by atoms with van der Waals surface area (Å²) < 4.78 is 6.62. The van der Waals surface area contributed by atoms with Gasteiger partial charge in [0.05, 0.1) is 24.3 Å². The van der Waals surface area contributed by atoms with Crippen molar-refractivity contribution in [2.45, 2.75) is 33.2 Å². The summed E-state index contributed by atoms with van der Waals surface area (Å²) in [6, 6.07) is 9.32. The Morgan fingerprint density at radius 3 is 2.40 bits per heavy atom. The third-order valence-corrected chi connectivity index (χ3v) is 4.50. The van der Waals surface area contributed by atoms with Crippen LogP contribution in [0.25, 0.3) is 0 Å². The number of rotatable bonds is 6. The normalized spacial score (nSPS) is 13.2. The van der Waals surface area contributed by atoms with Crippen LogP contribution in [0, 0.1) is 19.8 Å². The van der Waals surface area contributed by atoms with Crippen LogP contribution in [0.4, 0.5) is 0 Å². The molecule has 0 radical (unpaired) electrons. The van der Waals surface area contributed by atoms with Crippen molar-refractivity contribution in [1.82, 2.24) is 15.1 Å². The van der Waals surface area contributed by atoms with Crippen LogP contribution in [0.2, 0.25) is 0 Å². The van der Waals surface area contributed by atoms with Gasteiger partial charge < -0.3 is 10.1 Å². The molecule has 0 bridgehead atoms. The van der Waals surface area contributed by atoms with Crippen LogP contribution in [0.5, 0.6) is 0 Å². The molecular formula is C19H25N3O3. The number of benzene rings is 1. The van der Waals surface area contributed by atoms with Crippen molar-refractivity contribution in [2.24, 2.45) is 13.0 Å². The average molecular weight is 343 g/mol. The number of carbonyl (C=O) groups is 2. The second-order valence-corrected chi connectivity index (χ2v) is 6.25. The molecule has 1 aromatic carbocycles. The van der Waals surface area contributed by atoms with E-state index in [0.29, 0.717) is 17.7 Å². The Hall–Kier alpha value is -2.63. The van der Waals surface area contributed by atoms with Gasteiger partial charge in [-0.05, 0) is 32.8 Å². The maximum absolute atomic E-state index is 12.7. The lowest BCUT2D eigenvalue weighted by Crippen LogP contribution is -2.43. The number of hydrogen-bond acceptors (Lipinski definition) is 4. The van der Waals surface area contributed by atoms with Crippen LogP contribution in [0.15, 0.2) is 30.3 Å². The first-order chi connectivity index (χ1) is 11.8. The Kier molecular flexibility index (Phi) is 5.96. The van der Waals surface area contributed by atoms with Gasteiger partial charge in [-0.25, -0.2) is 0 Å². The van der Waals surface area contributed by atoms with Crippen LogP contribution in [-0.4, -0.2) is 34.8 Å². The molecule has 1 N–H and O–H groups in total. The summed E-state index contributed by atoms with van der Waals surface area (Å²) in [5.74, 6) is -1.03. The van der Waals surface area contributed by atoms with E-state index in [4.69, 9.17) is 4.74 Å². The number of esters is 1. The molecule has 1 aromatic heterocycles. The molecular weight excluding hydrogens is 318 g/mol. The first-order valence-electron chi connectivity index (χ1n) is 8.28. The van der Waals surface area contributed by atoms with Crippen molar-refractivity contribution in [3.8, 4) is 0 Å². The van der Waals surface area contributed by atoms with Gasteiger partial charge in [-0.3, -0.25) is 14.3 Å². The highest BCUT2D eigenvalue weighted by molar-refractivity contribution is 5.96. The summed E-state index contributed by atoms with van der Waals surface area (Å²) in [7, 11) is 3.17. The molecule has 6 nitrogen and oxygen atoms in total. The van der Waals surface area contributed by atoms with E-state index in [9.17, 15) is 9.59 Å². The van der Waals surface area contributed by atoms with Crippen molar-refractivity contribution < 1.29 is 14.3 Å². The SMILES string of the molecule is COC(=O)[C@@H](Cc1ccccc1)[C@@H](C)NC(=O)c1c(C)nn(C)c1C. The lowest BCUT2D eigenvalue weighted by molar-refractivity contribution is -0.146. The molecule has 0 unspecified atom stereocenters. The van der Waals surface area contributed by atoms with E-state index in [-0.39, 0.29) is 17.9 Å². The van der Waals surface area contributed by atoms with Crippen molar-refractivity contribution in [2.75, 3.05) is 7.11 Å². The summed E-state index contributed by atoms with van der Waals surface area (Å²) in [6.07, 6.45) is 0.500. The van der Waals surface area contributed by atoms with Gasteiger partial charge in [0.1, 0.15) is 0 Å². The lowest BCUT2D eigenvalue weighted by atomic mass is 9.92. The number of amides is 1. The number of hydrogen-bond donors (Lipinski definition) is 1. The lowest BCUT2D eigenvalue weighted by Gasteiger charge is -2.23. The minimum Gasteiger partial charge on any atom is -0.469 e. The van der Waals surface area contributed by atoms with Crippen LogP contribution >= 0.6 is 0 Å². The zero-order chi connectivity index (χ0) is 18.6. The minimum absolute atomic E-state index is 0.224. The van der Waals surface area contributed by atoms with E-state index in [1.54, 1.807) is 18.7 Å². The summed E-state index contributed by atoms with van der Waals surface area (Å²) in [4.78, 5) is 24.9. The van der Waals surface area contributed by atoms with E-state index in [1.807, 2.05) is 44.2 Å². The number of nitrogens with zero attached hydrogens (tertiary/aromatic N) is 2. The monoisotopic (exact) mass is 343 g/mol. The van der Waals surface area contributed by atoms with Crippen LogP contribution in [0.1, 0.15) is 34.2 Å². The quantitative estimate of drug-likeness (QED) is 0.816. The molecule has 0 saturated heterocycles. The summed E-state index contributed by atoms with van der Waals surface area (Å²) >= 11 is 0. The Bertz CT molecular complexity index is 753. The molecule has 1 heterocycles. The molecule has 6 heteroatoms. The van der Waals surface area contributed by atoms with Gasteiger partial charge in [-0.1, -0.05) is 30.3 Å². The maximum Gasteiger partial charge on any atom is 0.311 e. The zero-order valence-electron chi connectivity index (χ0n) is 15.4. The van der Waals surface area contributed by atoms with Gasteiger partial charge in [-0.2, -0.15) is 5.10 Å². The Labute approximate surface area is 148 Å².